The van der Waals surface area contributed by atoms with Crippen molar-refractivity contribution in [3.63, 3.8) is 0 Å². The fourth-order valence-corrected chi connectivity index (χ4v) is 4.07. The Bertz CT molecular complexity index is 639. The quantitative estimate of drug-likeness (QED) is 0.794. The second kappa shape index (κ2) is 3.29. The predicted molar refractivity (Wildman–Crippen MR) is 60.5 cm³/mol. The van der Waals surface area contributed by atoms with Gasteiger partial charge in [0.15, 0.2) is 5.82 Å². The minimum Gasteiger partial charge on any atom is -0.268 e. The minimum atomic E-state index is -3.85. The van der Waals surface area contributed by atoms with Crippen molar-refractivity contribution in [3.05, 3.63) is 28.0 Å². The number of hydrogen-bond donors (Lipinski definition) is 0. The van der Waals surface area contributed by atoms with E-state index in [0.29, 0.717) is 12.8 Å². The summed E-state index contributed by atoms with van der Waals surface area (Å²) < 4.78 is 38.8. The van der Waals surface area contributed by atoms with E-state index in [9.17, 15) is 17.6 Å². The van der Waals surface area contributed by atoms with Gasteiger partial charge in [-0.25, -0.2) is 17.1 Å². The van der Waals surface area contributed by atoms with Gasteiger partial charge in [-0.3, -0.25) is 4.79 Å². The molecule has 90 valence electrons. The Hall–Kier alpha value is -0.950. The molecule has 1 aliphatic carbocycles. The van der Waals surface area contributed by atoms with Crippen LogP contribution in [0.2, 0.25) is 0 Å². The third-order valence-corrected chi connectivity index (χ3v) is 5.38. The van der Waals surface area contributed by atoms with Crippen molar-refractivity contribution in [2.24, 2.45) is 0 Å². The fourth-order valence-electron chi connectivity index (χ4n) is 1.94. The normalized spacial score (nSPS) is 21.8. The summed E-state index contributed by atoms with van der Waals surface area (Å²) in [6.07, 6.45) is 1.31. The van der Waals surface area contributed by atoms with E-state index < -0.39 is 21.7 Å². The first-order chi connectivity index (χ1) is 7.94. The van der Waals surface area contributed by atoms with Crippen LogP contribution in [-0.2, 0) is 10.0 Å². The first kappa shape index (κ1) is 11.2. The van der Waals surface area contributed by atoms with Gasteiger partial charge in [-0.1, -0.05) is 0 Å². The highest BCUT2D eigenvalue weighted by atomic mass is 79.9. The molecule has 1 aromatic carbocycles. The molecule has 0 bridgehead atoms. The molecular formula is C10H7BrFNO3S. The van der Waals surface area contributed by atoms with Crippen LogP contribution in [0.3, 0.4) is 0 Å². The van der Waals surface area contributed by atoms with Gasteiger partial charge in [0, 0.05) is 6.04 Å². The van der Waals surface area contributed by atoms with Crippen molar-refractivity contribution in [3.8, 4) is 0 Å². The molecule has 1 fully saturated rings. The molecule has 7 heteroatoms. The number of benzene rings is 1. The summed E-state index contributed by atoms with van der Waals surface area (Å²) in [7, 11) is -3.85. The average molecular weight is 320 g/mol. The predicted octanol–water partition coefficient (Wildman–Crippen LogP) is 1.90. The molecule has 17 heavy (non-hydrogen) atoms. The van der Waals surface area contributed by atoms with E-state index in [2.05, 4.69) is 15.9 Å². The van der Waals surface area contributed by atoms with E-state index in [1.807, 2.05) is 0 Å². The molecule has 0 aromatic heterocycles. The zero-order valence-electron chi connectivity index (χ0n) is 8.48. The summed E-state index contributed by atoms with van der Waals surface area (Å²) >= 11 is 2.95. The molecule has 4 nitrogen and oxygen atoms in total. The molecule has 1 aromatic rings. The van der Waals surface area contributed by atoms with Crippen LogP contribution in [0.25, 0.3) is 0 Å². The molecule has 1 heterocycles. The van der Waals surface area contributed by atoms with Crippen molar-refractivity contribution in [1.29, 1.82) is 0 Å². The van der Waals surface area contributed by atoms with E-state index in [4.69, 9.17) is 0 Å². The van der Waals surface area contributed by atoms with Gasteiger partial charge in [0.05, 0.1) is 10.0 Å². The van der Waals surface area contributed by atoms with Crippen LogP contribution in [0, 0.1) is 5.82 Å². The zero-order valence-corrected chi connectivity index (χ0v) is 10.9. The number of nitrogens with zero attached hydrogens (tertiary/aromatic N) is 1. The van der Waals surface area contributed by atoms with Crippen LogP contribution in [0.4, 0.5) is 4.39 Å². The number of rotatable bonds is 1. The topological polar surface area (TPSA) is 54.5 Å². The standard InChI is InChI=1S/C10H7BrFNO3S/c11-6-3-4-7-8(9(6)12)10(14)13(5-1-2-5)17(7,15)16/h3-5H,1-2H2. The maximum atomic E-state index is 13.8. The molecule has 0 saturated heterocycles. The summed E-state index contributed by atoms with van der Waals surface area (Å²) in [6.45, 7) is 0. The number of fused-ring (bicyclic) bond motifs is 1. The van der Waals surface area contributed by atoms with Crippen LogP contribution in [0.1, 0.15) is 23.2 Å². The molecule has 0 N–H and O–H groups in total. The first-order valence-corrected chi connectivity index (χ1v) is 7.24. The molecule has 2 aliphatic rings. The van der Waals surface area contributed by atoms with Crippen molar-refractivity contribution in [2.45, 2.75) is 23.8 Å². The maximum Gasteiger partial charge on any atom is 0.272 e. The van der Waals surface area contributed by atoms with Gasteiger partial charge in [-0.15, -0.1) is 0 Å². The Balaban J connectivity index is 2.30. The van der Waals surface area contributed by atoms with E-state index in [-0.39, 0.29) is 21.0 Å². The number of sulfonamides is 1. The fraction of sp³-hybridized carbons (Fsp3) is 0.300. The smallest absolute Gasteiger partial charge is 0.268 e. The zero-order chi connectivity index (χ0) is 12.4. The van der Waals surface area contributed by atoms with Crippen molar-refractivity contribution in [2.75, 3.05) is 0 Å². The number of amides is 1. The van der Waals surface area contributed by atoms with Gasteiger partial charge in [0.25, 0.3) is 15.9 Å². The van der Waals surface area contributed by atoms with E-state index >= 15 is 0 Å². The number of hydrogen-bond acceptors (Lipinski definition) is 3. The van der Waals surface area contributed by atoms with Crippen LogP contribution < -0.4 is 0 Å². The molecule has 3 rings (SSSR count). The van der Waals surface area contributed by atoms with Gasteiger partial charge in [0.1, 0.15) is 4.90 Å². The summed E-state index contributed by atoms with van der Waals surface area (Å²) in [5.41, 5.74) is -0.341. The molecule has 1 aliphatic heterocycles. The van der Waals surface area contributed by atoms with E-state index in [1.165, 1.54) is 12.1 Å². The SMILES string of the molecule is O=C1c2c(ccc(Br)c2F)S(=O)(=O)N1C1CC1. The Labute approximate surface area is 106 Å². The Morgan fingerprint density at radius 1 is 1.35 bits per heavy atom. The van der Waals surface area contributed by atoms with Crippen molar-refractivity contribution in [1.82, 2.24) is 4.31 Å². The Morgan fingerprint density at radius 3 is 2.59 bits per heavy atom. The largest absolute Gasteiger partial charge is 0.272 e. The third-order valence-electron chi connectivity index (χ3n) is 2.89. The Kier molecular flexibility index (Phi) is 2.16. The van der Waals surface area contributed by atoms with Crippen LogP contribution in [0.5, 0.6) is 0 Å². The molecule has 0 spiro atoms. The van der Waals surface area contributed by atoms with Gasteiger partial charge < -0.3 is 0 Å². The van der Waals surface area contributed by atoms with Gasteiger partial charge in [-0.2, -0.15) is 0 Å². The highest BCUT2D eigenvalue weighted by Crippen LogP contribution is 2.41. The lowest BCUT2D eigenvalue weighted by Gasteiger charge is -2.12. The number of carbonyl (C=O) groups is 1. The van der Waals surface area contributed by atoms with Crippen molar-refractivity contribution < 1.29 is 17.6 Å². The van der Waals surface area contributed by atoms with Crippen molar-refractivity contribution >= 4 is 31.9 Å². The molecule has 1 saturated carbocycles. The van der Waals surface area contributed by atoms with Crippen LogP contribution in [-0.4, -0.2) is 24.7 Å². The van der Waals surface area contributed by atoms with Gasteiger partial charge in [0.2, 0.25) is 0 Å². The number of carbonyl (C=O) groups excluding carboxylic acids is 1. The highest BCUT2D eigenvalue weighted by molar-refractivity contribution is 9.10. The van der Waals surface area contributed by atoms with E-state index in [1.54, 1.807) is 0 Å². The second-order valence-electron chi connectivity index (χ2n) is 4.07. The molecular weight excluding hydrogens is 313 g/mol. The summed E-state index contributed by atoms with van der Waals surface area (Å²) in [4.78, 5) is 11.7. The molecule has 0 unspecified atom stereocenters. The lowest BCUT2D eigenvalue weighted by molar-refractivity contribution is 0.0861. The van der Waals surface area contributed by atoms with E-state index in [0.717, 1.165) is 4.31 Å². The van der Waals surface area contributed by atoms with Gasteiger partial charge >= 0.3 is 0 Å². The van der Waals surface area contributed by atoms with Crippen LogP contribution in [0.15, 0.2) is 21.5 Å². The number of halogens is 2. The average Bonchev–Trinajstić information content (AvgIpc) is 3.02. The molecule has 0 atom stereocenters. The monoisotopic (exact) mass is 319 g/mol. The minimum absolute atomic E-state index is 0.0949. The first-order valence-electron chi connectivity index (χ1n) is 5.01. The summed E-state index contributed by atoms with van der Waals surface area (Å²) in [5, 5.41) is 0. The van der Waals surface area contributed by atoms with Gasteiger partial charge in [-0.05, 0) is 40.9 Å². The lowest BCUT2D eigenvalue weighted by atomic mass is 10.2. The Morgan fingerprint density at radius 2 is 2.00 bits per heavy atom. The third kappa shape index (κ3) is 1.38. The van der Waals surface area contributed by atoms with Crippen LogP contribution >= 0.6 is 15.9 Å². The molecule has 0 radical (unpaired) electrons. The lowest BCUT2D eigenvalue weighted by Crippen LogP contribution is -2.32. The summed E-state index contributed by atoms with van der Waals surface area (Å²) in [5.74, 6) is -1.56. The second-order valence-corrected chi connectivity index (χ2v) is 6.71. The highest BCUT2D eigenvalue weighted by Gasteiger charge is 2.50. The summed E-state index contributed by atoms with van der Waals surface area (Å²) in [6, 6.07) is 2.27. The maximum absolute atomic E-state index is 13.8. The molecule has 1 amide bonds.